The fraction of sp³-hybridized carbons (Fsp3) is 0.556. The van der Waals surface area contributed by atoms with E-state index in [0.717, 1.165) is 31.2 Å². The van der Waals surface area contributed by atoms with Crippen LogP contribution in [0.25, 0.3) is 0 Å². The van der Waals surface area contributed by atoms with Crippen molar-refractivity contribution in [3.63, 3.8) is 0 Å². The molecule has 1 aromatic rings. The summed E-state index contributed by atoms with van der Waals surface area (Å²) >= 11 is 0. The van der Waals surface area contributed by atoms with Gasteiger partial charge in [-0.15, -0.1) is 0 Å². The van der Waals surface area contributed by atoms with Crippen LogP contribution < -0.4 is 5.32 Å². The van der Waals surface area contributed by atoms with Gasteiger partial charge in [-0.3, -0.25) is 0 Å². The Balaban J connectivity index is 2.28. The molecule has 2 N–H and O–H groups in total. The van der Waals surface area contributed by atoms with Crippen LogP contribution in [-0.2, 0) is 16.1 Å². The van der Waals surface area contributed by atoms with E-state index in [1.54, 1.807) is 0 Å². The van der Waals surface area contributed by atoms with Gasteiger partial charge in [0, 0.05) is 0 Å². The molecule has 1 unspecified atom stereocenters. The molecule has 0 spiro atoms. The highest BCUT2D eigenvalue weighted by Gasteiger charge is 2.20. The van der Waals surface area contributed by atoms with E-state index < -0.39 is 18.1 Å². The van der Waals surface area contributed by atoms with Crippen molar-refractivity contribution in [2.24, 2.45) is 5.92 Å². The molecule has 0 saturated carbocycles. The second-order valence-corrected chi connectivity index (χ2v) is 6.13. The molecule has 0 saturated heterocycles. The lowest BCUT2D eigenvalue weighted by Crippen LogP contribution is -2.40. The molecule has 1 aromatic carbocycles. The van der Waals surface area contributed by atoms with Gasteiger partial charge in [0.15, 0.2) is 0 Å². The van der Waals surface area contributed by atoms with Gasteiger partial charge in [-0.05, 0) is 17.9 Å². The van der Waals surface area contributed by atoms with Crippen LogP contribution in [0.1, 0.15) is 51.5 Å². The first-order valence-electron chi connectivity index (χ1n) is 8.19. The maximum absolute atomic E-state index is 11.7. The Morgan fingerprint density at radius 3 is 2.35 bits per heavy atom. The molecular weight excluding hydrogens is 294 g/mol. The Bertz CT molecular complexity index is 473. The zero-order valence-electron chi connectivity index (χ0n) is 14.0. The first-order valence-corrected chi connectivity index (χ1v) is 8.19. The molecule has 5 heteroatoms. The highest BCUT2D eigenvalue weighted by atomic mass is 16.5. The number of hydrogen-bond donors (Lipinski definition) is 2. The number of carbonyl (C=O) groups excluding carboxylic acids is 1. The second-order valence-electron chi connectivity index (χ2n) is 6.13. The van der Waals surface area contributed by atoms with E-state index in [1.165, 1.54) is 0 Å². The van der Waals surface area contributed by atoms with Crippen molar-refractivity contribution in [3.8, 4) is 0 Å². The molecule has 0 aliphatic carbocycles. The van der Waals surface area contributed by atoms with Crippen LogP contribution in [0.15, 0.2) is 30.3 Å². The standard InChI is InChI=1S/C18H27NO4/c1-14(2)9-5-3-8-12-16(17(20)21)19-18(22)23-13-15-10-6-4-7-11-15/h4,6-7,10-11,14,16H,3,5,8-9,12-13H2,1-2H3,(H,19,22)(H,20,21). The van der Waals surface area contributed by atoms with E-state index in [2.05, 4.69) is 19.2 Å². The van der Waals surface area contributed by atoms with Crippen molar-refractivity contribution < 1.29 is 19.4 Å². The highest BCUT2D eigenvalue weighted by molar-refractivity contribution is 5.79. The van der Waals surface area contributed by atoms with Gasteiger partial charge in [-0.1, -0.05) is 69.9 Å². The van der Waals surface area contributed by atoms with E-state index in [1.807, 2.05) is 30.3 Å². The molecule has 0 bridgehead atoms. The summed E-state index contributed by atoms with van der Waals surface area (Å²) in [6.07, 6.45) is 3.72. The van der Waals surface area contributed by atoms with E-state index in [4.69, 9.17) is 4.74 Å². The molecule has 128 valence electrons. The average Bonchev–Trinajstić information content (AvgIpc) is 2.52. The minimum Gasteiger partial charge on any atom is -0.480 e. The predicted octanol–water partition coefficient (Wildman–Crippen LogP) is 3.97. The summed E-state index contributed by atoms with van der Waals surface area (Å²) in [6.45, 7) is 4.47. The Morgan fingerprint density at radius 1 is 1.09 bits per heavy atom. The van der Waals surface area contributed by atoms with Gasteiger partial charge in [-0.2, -0.15) is 0 Å². The van der Waals surface area contributed by atoms with Crippen LogP contribution in [0.4, 0.5) is 4.79 Å². The Morgan fingerprint density at radius 2 is 1.74 bits per heavy atom. The third-order valence-electron chi connectivity index (χ3n) is 3.58. The minimum atomic E-state index is -1.02. The molecule has 0 aliphatic rings. The van der Waals surface area contributed by atoms with Crippen molar-refractivity contribution in [2.45, 2.75) is 58.6 Å². The molecule has 0 aliphatic heterocycles. The largest absolute Gasteiger partial charge is 0.480 e. The zero-order valence-corrected chi connectivity index (χ0v) is 14.0. The molecule has 1 atom stereocenters. The van der Waals surface area contributed by atoms with Crippen LogP contribution in [0, 0.1) is 5.92 Å². The smallest absolute Gasteiger partial charge is 0.408 e. The maximum Gasteiger partial charge on any atom is 0.408 e. The Hall–Kier alpha value is -2.04. The summed E-state index contributed by atoms with van der Waals surface area (Å²) in [5.74, 6) is -0.359. The lowest BCUT2D eigenvalue weighted by molar-refractivity contribution is -0.139. The van der Waals surface area contributed by atoms with Crippen molar-refractivity contribution in [1.29, 1.82) is 0 Å². The Kier molecular flexibility index (Phi) is 8.80. The lowest BCUT2D eigenvalue weighted by atomic mass is 10.0. The molecule has 5 nitrogen and oxygen atoms in total. The maximum atomic E-state index is 11.7. The number of carboxylic acid groups (broad SMARTS) is 1. The number of nitrogens with one attached hydrogen (secondary N) is 1. The summed E-state index contributed by atoms with van der Waals surface area (Å²) in [5.41, 5.74) is 0.864. The van der Waals surface area contributed by atoms with Crippen LogP contribution in [-0.4, -0.2) is 23.2 Å². The molecule has 0 radical (unpaired) electrons. The van der Waals surface area contributed by atoms with E-state index in [9.17, 15) is 14.7 Å². The van der Waals surface area contributed by atoms with Gasteiger partial charge < -0.3 is 15.2 Å². The molecule has 1 rings (SSSR count). The van der Waals surface area contributed by atoms with Crippen molar-refractivity contribution in [3.05, 3.63) is 35.9 Å². The number of carboxylic acids is 1. The monoisotopic (exact) mass is 321 g/mol. The topological polar surface area (TPSA) is 75.6 Å². The number of alkyl carbamates (subject to hydrolysis) is 1. The molecule has 0 fully saturated rings. The zero-order chi connectivity index (χ0) is 17.1. The predicted molar refractivity (Wildman–Crippen MR) is 89.1 cm³/mol. The number of aliphatic carboxylic acids is 1. The first kappa shape index (κ1) is 19.0. The number of hydrogen-bond acceptors (Lipinski definition) is 3. The van der Waals surface area contributed by atoms with Crippen molar-refractivity contribution in [2.75, 3.05) is 0 Å². The molecule has 1 amide bonds. The fourth-order valence-corrected chi connectivity index (χ4v) is 2.24. The molecule has 0 aromatic heterocycles. The van der Waals surface area contributed by atoms with Crippen LogP contribution in [0.5, 0.6) is 0 Å². The van der Waals surface area contributed by atoms with E-state index >= 15 is 0 Å². The minimum absolute atomic E-state index is 0.132. The average molecular weight is 321 g/mol. The van der Waals surface area contributed by atoms with Crippen molar-refractivity contribution >= 4 is 12.1 Å². The fourth-order valence-electron chi connectivity index (χ4n) is 2.24. The number of carbonyl (C=O) groups is 2. The second kappa shape index (κ2) is 10.6. The van der Waals surface area contributed by atoms with Gasteiger partial charge >= 0.3 is 12.1 Å². The molecule has 0 heterocycles. The highest BCUT2D eigenvalue weighted by Crippen LogP contribution is 2.11. The van der Waals surface area contributed by atoms with Gasteiger partial charge in [-0.25, -0.2) is 9.59 Å². The van der Waals surface area contributed by atoms with Gasteiger partial charge in [0.25, 0.3) is 0 Å². The Labute approximate surface area is 138 Å². The third-order valence-corrected chi connectivity index (χ3v) is 3.58. The van der Waals surface area contributed by atoms with Crippen LogP contribution in [0.2, 0.25) is 0 Å². The summed E-state index contributed by atoms with van der Waals surface area (Å²) in [4.78, 5) is 22.9. The SMILES string of the molecule is CC(C)CCCCCC(NC(=O)OCc1ccccc1)C(=O)O. The summed E-state index contributed by atoms with van der Waals surface area (Å²) in [6, 6.07) is 8.38. The molecular formula is C18H27NO4. The van der Waals surface area contributed by atoms with Gasteiger partial charge in [0.2, 0.25) is 0 Å². The normalized spacial score (nSPS) is 12.0. The lowest BCUT2D eigenvalue weighted by Gasteiger charge is -2.14. The number of ether oxygens (including phenoxy) is 1. The van der Waals surface area contributed by atoms with E-state index in [0.29, 0.717) is 12.3 Å². The van der Waals surface area contributed by atoms with Gasteiger partial charge in [0.1, 0.15) is 12.6 Å². The van der Waals surface area contributed by atoms with Gasteiger partial charge in [0.05, 0.1) is 0 Å². The summed E-state index contributed by atoms with van der Waals surface area (Å²) in [5, 5.41) is 11.6. The third kappa shape index (κ3) is 8.86. The first-order chi connectivity index (χ1) is 11.0. The van der Waals surface area contributed by atoms with Crippen LogP contribution in [0.3, 0.4) is 0 Å². The number of amides is 1. The summed E-state index contributed by atoms with van der Waals surface area (Å²) < 4.78 is 5.05. The quantitative estimate of drug-likeness (QED) is 0.639. The number of rotatable bonds is 10. The van der Waals surface area contributed by atoms with E-state index in [-0.39, 0.29) is 6.61 Å². The number of unbranched alkanes of at least 4 members (excludes halogenated alkanes) is 2. The number of benzene rings is 1. The van der Waals surface area contributed by atoms with Crippen LogP contribution >= 0.6 is 0 Å². The summed E-state index contributed by atoms with van der Waals surface area (Å²) in [7, 11) is 0. The molecule has 23 heavy (non-hydrogen) atoms. The van der Waals surface area contributed by atoms with Crippen molar-refractivity contribution in [1.82, 2.24) is 5.32 Å².